The maximum absolute atomic E-state index is 12.2. The van der Waals surface area contributed by atoms with Crippen molar-refractivity contribution in [2.75, 3.05) is 25.0 Å². The number of carbonyl (C=O) groups is 1. The van der Waals surface area contributed by atoms with E-state index in [9.17, 15) is 13.6 Å². The molecule has 1 aliphatic rings. The van der Waals surface area contributed by atoms with Crippen LogP contribution in [0.25, 0.3) is 0 Å². The predicted molar refractivity (Wildman–Crippen MR) is 84.0 cm³/mol. The number of amides is 1. The lowest BCUT2D eigenvalue weighted by Crippen LogP contribution is -2.16. The SMILES string of the molecule is Cl.O=C(CCC1CCNC1)Nc1ccccc1OCC(F)F. The summed E-state index contributed by atoms with van der Waals surface area (Å²) in [6.45, 7) is 1.29. The molecule has 0 aromatic heterocycles. The van der Waals surface area contributed by atoms with E-state index in [1.54, 1.807) is 24.3 Å². The standard InChI is InChI=1S/C15H20F2N2O2.ClH/c16-14(17)10-21-13-4-2-1-3-12(13)19-15(20)6-5-11-7-8-18-9-11;/h1-4,11,14,18H,5-10H2,(H,19,20);1H. The molecule has 2 N–H and O–H groups in total. The van der Waals surface area contributed by atoms with Gasteiger partial charge in [-0.1, -0.05) is 12.1 Å². The zero-order valence-corrected chi connectivity index (χ0v) is 13.0. The van der Waals surface area contributed by atoms with Gasteiger partial charge in [0.25, 0.3) is 6.43 Å². The van der Waals surface area contributed by atoms with Crippen molar-refractivity contribution in [3.05, 3.63) is 24.3 Å². The van der Waals surface area contributed by atoms with Gasteiger partial charge in [-0.2, -0.15) is 0 Å². The van der Waals surface area contributed by atoms with Crippen LogP contribution in [0.15, 0.2) is 24.3 Å². The molecule has 2 rings (SSSR count). The Hall–Kier alpha value is -1.40. The van der Waals surface area contributed by atoms with Crippen LogP contribution in [0.2, 0.25) is 0 Å². The second-order valence-electron chi connectivity index (χ2n) is 5.14. The van der Waals surface area contributed by atoms with E-state index in [4.69, 9.17) is 4.74 Å². The molecule has 0 aliphatic carbocycles. The first-order valence-corrected chi connectivity index (χ1v) is 7.15. The van der Waals surface area contributed by atoms with Crippen LogP contribution in [0.3, 0.4) is 0 Å². The summed E-state index contributed by atoms with van der Waals surface area (Å²) in [6.07, 6.45) is -0.181. The number of anilines is 1. The average molecular weight is 335 g/mol. The Bertz CT molecular complexity index is 469. The largest absolute Gasteiger partial charge is 0.485 e. The van der Waals surface area contributed by atoms with Crippen molar-refractivity contribution >= 4 is 24.0 Å². The van der Waals surface area contributed by atoms with Crippen LogP contribution in [0, 0.1) is 5.92 Å². The van der Waals surface area contributed by atoms with Gasteiger partial charge in [0, 0.05) is 6.42 Å². The monoisotopic (exact) mass is 334 g/mol. The molecule has 1 atom stereocenters. The second kappa shape index (κ2) is 9.58. The fourth-order valence-electron chi connectivity index (χ4n) is 2.36. The number of halogens is 3. The van der Waals surface area contributed by atoms with E-state index in [1.807, 2.05) is 0 Å². The minimum Gasteiger partial charge on any atom is -0.485 e. The highest BCUT2D eigenvalue weighted by molar-refractivity contribution is 5.92. The number of rotatable bonds is 7. The number of hydrogen-bond acceptors (Lipinski definition) is 3. The maximum atomic E-state index is 12.2. The van der Waals surface area contributed by atoms with Crippen molar-refractivity contribution in [3.63, 3.8) is 0 Å². The Morgan fingerprint density at radius 1 is 1.41 bits per heavy atom. The van der Waals surface area contributed by atoms with Crippen molar-refractivity contribution in [2.45, 2.75) is 25.7 Å². The topological polar surface area (TPSA) is 50.4 Å². The normalized spacial score (nSPS) is 17.1. The van der Waals surface area contributed by atoms with Gasteiger partial charge >= 0.3 is 0 Å². The minimum absolute atomic E-state index is 0. The maximum Gasteiger partial charge on any atom is 0.272 e. The number of ether oxygens (including phenoxy) is 1. The van der Waals surface area contributed by atoms with Crippen LogP contribution in [-0.4, -0.2) is 32.0 Å². The van der Waals surface area contributed by atoms with Gasteiger partial charge in [-0.05, 0) is 44.0 Å². The van der Waals surface area contributed by atoms with Crippen molar-refractivity contribution in [2.24, 2.45) is 5.92 Å². The van der Waals surface area contributed by atoms with Gasteiger partial charge in [-0.25, -0.2) is 8.78 Å². The molecular formula is C15H21ClF2N2O2. The third-order valence-corrected chi connectivity index (χ3v) is 3.47. The molecule has 7 heteroatoms. The molecule has 1 amide bonds. The molecule has 0 spiro atoms. The van der Waals surface area contributed by atoms with Crippen LogP contribution in [0.4, 0.5) is 14.5 Å². The Morgan fingerprint density at radius 3 is 2.86 bits per heavy atom. The average Bonchev–Trinajstić information content (AvgIpc) is 2.97. The number of alkyl halides is 2. The second-order valence-corrected chi connectivity index (χ2v) is 5.14. The Morgan fingerprint density at radius 2 is 2.18 bits per heavy atom. The van der Waals surface area contributed by atoms with Gasteiger partial charge in [-0.15, -0.1) is 12.4 Å². The Kier molecular flexibility index (Phi) is 8.12. The first-order valence-electron chi connectivity index (χ1n) is 7.15. The summed E-state index contributed by atoms with van der Waals surface area (Å²) in [5.41, 5.74) is 0.438. The molecule has 22 heavy (non-hydrogen) atoms. The van der Waals surface area contributed by atoms with Crippen molar-refractivity contribution in [1.82, 2.24) is 5.32 Å². The molecule has 1 saturated heterocycles. The molecule has 1 aromatic rings. The number of para-hydroxylation sites is 2. The van der Waals surface area contributed by atoms with Crippen LogP contribution in [0.5, 0.6) is 5.75 Å². The Labute approximate surface area is 135 Å². The van der Waals surface area contributed by atoms with Gasteiger partial charge in [0.1, 0.15) is 12.4 Å². The van der Waals surface area contributed by atoms with E-state index in [1.165, 1.54) is 0 Å². The van der Waals surface area contributed by atoms with Crippen molar-refractivity contribution in [3.8, 4) is 5.75 Å². The van der Waals surface area contributed by atoms with Gasteiger partial charge in [-0.3, -0.25) is 4.79 Å². The molecule has 1 aliphatic heterocycles. The van der Waals surface area contributed by atoms with E-state index in [0.717, 1.165) is 25.9 Å². The summed E-state index contributed by atoms with van der Waals surface area (Å²) in [5, 5.41) is 5.99. The fourth-order valence-corrected chi connectivity index (χ4v) is 2.36. The van der Waals surface area contributed by atoms with Crippen LogP contribution in [-0.2, 0) is 4.79 Å². The third-order valence-electron chi connectivity index (χ3n) is 3.47. The summed E-state index contributed by atoms with van der Waals surface area (Å²) in [6, 6.07) is 6.63. The highest BCUT2D eigenvalue weighted by Gasteiger charge is 2.16. The van der Waals surface area contributed by atoms with Crippen molar-refractivity contribution < 1.29 is 18.3 Å². The molecule has 0 saturated carbocycles. The molecule has 0 radical (unpaired) electrons. The lowest BCUT2D eigenvalue weighted by molar-refractivity contribution is -0.116. The number of hydrogen-bond donors (Lipinski definition) is 2. The highest BCUT2D eigenvalue weighted by Crippen LogP contribution is 2.25. The molecule has 1 fully saturated rings. The molecule has 1 aromatic carbocycles. The molecule has 1 unspecified atom stereocenters. The van der Waals surface area contributed by atoms with E-state index < -0.39 is 13.0 Å². The van der Waals surface area contributed by atoms with E-state index in [0.29, 0.717) is 18.0 Å². The van der Waals surface area contributed by atoms with Gasteiger partial charge in [0.2, 0.25) is 5.91 Å². The van der Waals surface area contributed by atoms with E-state index >= 15 is 0 Å². The zero-order chi connectivity index (χ0) is 15.1. The first-order chi connectivity index (χ1) is 10.1. The van der Waals surface area contributed by atoms with E-state index in [2.05, 4.69) is 10.6 Å². The van der Waals surface area contributed by atoms with Crippen molar-refractivity contribution in [1.29, 1.82) is 0 Å². The summed E-state index contributed by atoms with van der Waals surface area (Å²) in [5.74, 6) is 0.699. The lowest BCUT2D eigenvalue weighted by Gasteiger charge is -2.13. The van der Waals surface area contributed by atoms with Crippen LogP contribution >= 0.6 is 12.4 Å². The lowest BCUT2D eigenvalue weighted by atomic mass is 10.0. The number of carbonyl (C=O) groups excluding carboxylic acids is 1. The summed E-state index contributed by atoms with van der Waals surface area (Å²) < 4.78 is 29.4. The van der Waals surface area contributed by atoms with Gasteiger partial charge in [0.15, 0.2) is 0 Å². The smallest absolute Gasteiger partial charge is 0.272 e. The Balaban J connectivity index is 0.00000242. The summed E-state index contributed by atoms with van der Waals surface area (Å²) in [4.78, 5) is 11.9. The molecule has 0 bridgehead atoms. The summed E-state index contributed by atoms with van der Waals surface area (Å²) >= 11 is 0. The van der Waals surface area contributed by atoms with Crippen LogP contribution < -0.4 is 15.4 Å². The fraction of sp³-hybridized carbons (Fsp3) is 0.533. The number of nitrogens with one attached hydrogen (secondary N) is 2. The minimum atomic E-state index is -2.54. The molecule has 4 nitrogen and oxygen atoms in total. The molecule has 1 heterocycles. The molecule has 124 valence electrons. The quantitative estimate of drug-likeness (QED) is 0.805. The van der Waals surface area contributed by atoms with Gasteiger partial charge < -0.3 is 15.4 Å². The zero-order valence-electron chi connectivity index (χ0n) is 12.2. The highest BCUT2D eigenvalue weighted by atomic mass is 35.5. The van der Waals surface area contributed by atoms with Crippen LogP contribution in [0.1, 0.15) is 19.3 Å². The third kappa shape index (κ3) is 6.15. The number of benzene rings is 1. The predicted octanol–water partition coefficient (Wildman–Crippen LogP) is 3.08. The van der Waals surface area contributed by atoms with E-state index in [-0.39, 0.29) is 24.1 Å². The van der Waals surface area contributed by atoms with Gasteiger partial charge in [0.05, 0.1) is 5.69 Å². The molecular weight excluding hydrogens is 314 g/mol. The summed E-state index contributed by atoms with van der Waals surface area (Å²) in [7, 11) is 0. The first kappa shape index (κ1) is 18.6.